The molecule has 2 aromatic carbocycles. The van der Waals surface area contributed by atoms with Crippen molar-refractivity contribution in [3.05, 3.63) is 62.6 Å². The van der Waals surface area contributed by atoms with E-state index in [0.717, 1.165) is 73.8 Å². The summed E-state index contributed by atoms with van der Waals surface area (Å²) >= 11 is 0.907. The third-order valence-corrected chi connectivity index (χ3v) is 8.98. The zero-order valence-electron chi connectivity index (χ0n) is 27.1. The number of hydrogen-bond donors (Lipinski definition) is 2. The van der Waals surface area contributed by atoms with Crippen LogP contribution in [-0.2, 0) is 22.4 Å². The minimum Gasteiger partial charge on any atom is -0.489 e. The number of ether oxygens (including phenoxy) is 3. The largest absolute Gasteiger partial charge is 0.489 e. The molecule has 8 nitrogen and oxygen atoms in total. The van der Waals surface area contributed by atoms with Gasteiger partial charge >= 0.3 is 6.09 Å². The molecule has 2 aliphatic rings. The fourth-order valence-corrected chi connectivity index (χ4v) is 6.30. The predicted molar refractivity (Wildman–Crippen MR) is 175 cm³/mol. The van der Waals surface area contributed by atoms with Gasteiger partial charge in [0.2, 0.25) is 0 Å². The Morgan fingerprint density at radius 3 is 2.41 bits per heavy atom. The van der Waals surface area contributed by atoms with Gasteiger partial charge in [-0.25, -0.2) is 4.79 Å². The number of fused-ring (bicyclic) bond motifs is 1. The Balaban J connectivity index is 1.28. The predicted octanol–water partition coefficient (Wildman–Crippen LogP) is 7.73. The van der Waals surface area contributed by atoms with Gasteiger partial charge in [-0.05, 0) is 144 Å². The first-order valence-corrected chi connectivity index (χ1v) is 16.3. The van der Waals surface area contributed by atoms with E-state index in [1.165, 1.54) is 27.8 Å². The van der Waals surface area contributed by atoms with E-state index in [0.29, 0.717) is 18.1 Å². The van der Waals surface area contributed by atoms with Crippen LogP contribution in [-0.4, -0.2) is 41.6 Å². The molecule has 0 spiro atoms. The number of rotatable bonds is 11. The quantitative estimate of drug-likeness (QED) is 0.195. The van der Waals surface area contributed by atoms with Gasteiger partial charge in [0.05, 0.1) is 4.91 Å². The molecule has 0 bridgehead atoms. The monoisotopic (exact) mass is 622 g/mol. The third kappa shape index (κ3) is 8.80. The average Bonchev–Trinajstić information content (AvgIpc) is 3.27. The van der Waals surface area contributed by atoms with Crippen molar-refractivity contribution >= 4 is 35.1 Å². The molecule has 1 fully saturated rings. The van der Waals surface area contributed by atoms with Crippen LogP contribution in [0.4, 0.5) is 9.59 Å². The van der Waals surface area contributed by atoms with Crippen molar-refractivity contribution in [2.75, 3.05) is 13.2 Å². The summed E-state index contributed by atoms with van der Waals surface area (Å²) in [4.78, 5) is 35.4. The zero-order valence-corrected chi connectivity index (χ0v) is 27.9. The Morgan fingerprint density at radius 2 is 1.75 bits per heavy atom. The van der Waals surface area contributed by atoms with Gasteiger partial charge in [-0.2, -0.15) is 0 Å². The van der Waals surface area contributed by atoms with Gasteiger partial charge in [-0.3, -0.25) is 14.9 Å². The van der Waals surface area contributed by atoms with Gasteiger partial charge in [0, 0.05) is 6.54 Å². The number of amides is 3. The van der Waals surface area contributed by atoms with Crippen molar-refractivity contribution in [2.45, 2.75) is 105 Å². The third-order valence-electron chi connectivity index (χ3n) is 8.17. The van der Waals surface area contributed by atoms with Crippen molar-refractivity contribution in [2.24, 2.45) is 0 Å². The highest BCUT2D eigenvalue weighted by atomic mass is 32.2. The molecule has 1 unspecified atom stereocenters. The van der Waals surface area contributed by atoms with Crippen molar-refractivity contribution in [3.63, 3.8) is 0 Å². The fourth-order valence-electron chi connectivity index (χ4n) is 5.61. The molecular formula is C35H46N2O6S. The first-order chi connectivity index (χ1) is 20.7. The molecule has 2 heterocycles. The second kappa shape index (κ2) is 14.1. The van der Waals surface area contributed by atoms with Gasteiger partial charge in [0.15, 0.2) is 0 Å². The van der Waals surface area contributed by atoms with Gasteiger partial charge < -0.3 is 19.5 Å². The van der Waals surface area contributed by atoms with Gasteiger partial charge in [0.1, 0.15) is 29.3 Å². The van der Waals surface area contributed by atoms with Crippen LogP contribution in [0, 0.1) is 20.8 Å². The number of benzene rings is 2. The van der Waals surface area contributed by atoms with Crippen LogP contribution in [0.1, 0.15) is 93.2 Å². The second-order valence-corrected chi connectivity index (χ2v) is 14.0. The summed E-state index contributed by atoms with van der Waals surface area (Å²) < 4.78 is 18.1. The second-order valence-electron chi connectivity index (χ2n) is 13.0. The summed E-state index contributed by atoms with van der Waals surface area (Å²) in [6.45, 7) is 15.4. The molecule has 4 rings (SSSR count). The highest BCUT2D eigenvalue weighted by Gasteiger charge is 2.35. The number of alkyl carbamates (subject to hydrolysis) is 1. The maximum atomic E-state index is 11.8. The molecule has 2 aromatic rings. The Bertz CT molecular complexity index is 1430. The maximum Gasteiger partial charge on any atom is 0.407 e. The van der Waals surface area contributed by atoms with Gasteiger partial charge in [-0.1, -0.05) is 25.0 Å². The Hall–Kier alpha value is -3.46. The lowest BCUT2D eigenvalue weighted by Crippen LogP contribution is -2.42. The van der Waals surface area contributed by atoms with Crippen LogP contribution in [0.2, 0.25) is 0 Å². The molecule has 9 heteroatoms. The van der Waals surface area contributed by atoms with Crippen molar-refractivity contribution < 1.29 is 28.6 Å². The summed E-state index contributed by atoms with van der Waals surface area (Å²) in [6, 6.07) is 7.49. The Labute approximate surface area is 265 Å². The van der Waals surface area contributed by atoms with E-state index >= 15 is 0 Å². The maximum absolute atomic E-state index is 11.8. The highest BCUT2D eigenvalue weighted by Crippen LogP contribution is 2.41. The number of carbonyl (C=O) groups is 3. The van der Waals surface area contributed by atoms with Crippen LogP contribution < -0.4 is 20.1 Å². The topological polar surface area (TPSA) is 103 Å². The lowest BCUT2D eigenvalue weighted by Gasteiger charge is -2.38. The zero-order chi connectivity index (χ0) is 32.1. The summed E-state index contributed by atoms with van der Waals surface area (Å²) in [5.41, 5.74) is 6.50. The minimum absolute atomic E-state index is 0.349. The summed E-state index contributed by atoms with van der Waals surface area (Å²) in [5, 5.41) is 4.76. The SMILES string of the molecule is Cc1c(C)c2c(c(C)c1CCCCCCNC(=O)OC(C)(C)C)CCC(C)(COc1ccc(/C=C3\SC(=O)NC3=O)cc1)O2. The van der Waals surface area contributed by atoms with E-state index in [1.54, 1.807) is 6.08 Å². The highest BCUT2D eigenvalue weighted by molar-refractivity contribution is 8.18. The normalized spacial score (nSPS) is 18.9. The fraction of sp³-hybridized carbons (Fsp3) is 0.514. The van der Waals surface area contributed by atoms with Crippen LogP contribution in [0.3, 0.4) is 0 Å². The molecule has 1 atom stereocenters. The van der Waals surface area contributed by atoms with E-state index in [2.05, 4.69) is 38.3 Å². The summed E-state index contributed by atoms with van der Waals surface area (Å²) in [6.07, 6.45) is 8.42. The first-order valence-electron chi connectivity index (χ1n) is 15.5. The van der Waals surface area contributed by atoms with Crippen LogP contribution in [0.15, 0.2) is 29.2 Å². The van der Waals surface area contributed by atoms with Gasteiger partial charge in [-0.15, -0.1) is 0 Å². The minimum atomic E-state index is -0.474. The Kier molecular flexibility index (Phi) is 10.7. The number of unbranched alkanes of at least 4 members (excludes halogenated alkanes) is 3. The molecule has 2 aliphatic heterocycles. The number of carbonyl (C=O) groups excluding carboxylic acids is 3. The molecule has 1 saturated heterocycles. The van der Waals surface area contributed by atoms with Crippen molar-refractivity contribution in [1.82, 2.24) is 10.6 Å². The van der Waals surface area contributed by atoms with Crippen molar-refractivity contribution in [1.29, 1.82) is 0 Å². The molecule has 0 saturated carbocycles. The van der Waals surface area contributed by atoms with Gasteiger partial charge in [0.25, 0.3) is 11.1 Å². The molecular weight excluding hydrogens is 576 g/mol. The van der Waals surface area contributed by atoms with E-state index in [4.69, 9.17) is 14.2 Å². The smallest absolute Gasteiger partial charge is 0.407 e. The van der Waals surface area contributed by atoms with Crippen LogP contribution in [0.5, 0.6) is 11.5 Å². The first kappa shape index (κ1) is 33.4. The molecule has 44 heavy (non-hydrogen) atoms. The Morgan fingerprint density at radius 1 is 1.05 bits per heavy atom. The average molecular weight is 623 g/mol. The lowest BCUT2D eigenvalue weighted by molar-refractivity contribution is -0.115. The molecule has 238 valence electrons. The lowest BCUT2D eigenvalue weighted by atomic mass is 9.84. The molecule has 2 N–H and O–H groups in total. The van der Waals surface area contributed by atoms with E-state index in [9.17, 15) is 14.4 Å². The van der Waals surface area contributed by atoms with E-state index in [-0.39, 0.29) is 17.2 Å². The number of imide groups is 1. The molecule has 3 amide bonds. The molecule has 0 aromatic heterocycles. The molecule has 0 radical (unpaired) electrons. The summed E-state index contributed by atoms with van der Waals surface area (Å²) in [7, 11) is 0. The van der Waals surface area contributed by atoms with E-state index in [1.807, 2.05) is 45.0 Å². The standard InChI is InChI=1S/C35H46N2O6S/c1-22-23(2)30-28(24(3)27(22)12-10-8-9-11-19-36-32(39)43-34(4,5)6)17-18-35(7,42-30)21-41-26-15-13-25(14-16-26)20-29-31(38)37-33(40)44-29/h13-16,20H,8-12,17-19,21H2,1-7H3,(H,36,39)(H,37,38,40)/b29-20-. The number of thioether (sulfide) groups is 1. The number of nitrogens with one attached hydrogen (secondary N) is 2. The van der Waals surface area contributed by atoms with Crippen molar-refractivity contribution in [3.8, 4) is 11.5 Å². The van der Waals surface area contributed by atoms with Crippen LogP contribution in [0.25, 0.3) is 6.08 Å². The van der Waals surface area contributed by atoms with Crippen LogP contribution >= 0.6 is 11.8 Å². The van der Waals surface area contributed by atoms with E-state index < -0.39 is 11.2 Å². The molecule has 0 aliphatic carbocycles. The summed E-state index contributed by atoms with van der Waals surface area (Å²) in [5.74, 6) is 1.36. The number of hydrogen-bond acceptors (Lipinski definition) is 7.